The van der Waals surface area contributed by atoms with Gasteiger partial charge in [0, 0.05) is 24.6 Å². The molecular formula is C20H21F4N3O3S. The van der Waals surface area contributed by atoms with E-state index in [0.717, 1.165) is 23.3 Å². The molecule has 0 bridgehead atoms. The second-order valence-electron chi connectivity index (χ2n) is 7.43. The van der Waals surface area contributed by atoms with Crippen LogP contribution in [0.25, 0.3) is 11.1 Å². The molecular weight excluding hydrogens is 438 g/mol. The molecule has 3 rings (SSSR count). The van der Waals surface area contributed by atoms with E-state index in [1.807, 2.05) is 0 Å². The third kappa shape index (κ3) is 5.95. The quantitative estimate of drug-likeness (QED) is 0.683. The van der Waals surface area contributed by atoms with E-state index < -0.39 is 52.6 Å². The van der Waals surface area contributed by atoms with Crippen LogP contribution in [0.3, 0.4) is 0 Å². The Balaban J connectivity index is 1.82. The summed E-state index contributed by atoms with van der Waals surface area (Å²) in [5.41, 5.74) is -0.239. The molecule has 6 nitrogen and oxygen atoms in total. The fourth-order valence-electron chi connectivity index (χ4n) is 3.53. The number of halogens is 4. The van der Waals surface area contributed by atoms with Crippen molar-refractivity contribution in [3.63, 3.8) is 0 Å². The SMILES string of the molecule is CS(=O)(=O)NC1CCN(C(=O)Nc2ccccc2-c2c(F)cccc2F)CC(F)(F)C1. The van der Waals surface area contributed by atoms with Crippen LogP contribution in [-0.4, -0.2) is 50.7 Å². The standard InChI is InChI=1S/C20H21F4N3O3S/c1-31(29,30)26-13-9-10-27(12-20(23,24)11-13)19(28)25-17-8-3-2-5-14(17)18-15(21)6-4-7-16(18)22/h2-8,13,26H,9-12H2,1H3,(H,25,28). The smallest absolute Gasteiger partial charge is 0.318 e. The van der Waals surface area contributed by atoms with Gasteiger partial charge in [0.05, 0.1) is 24.1 Å². The van der Waals surface area contributed by atoms with Gasteiger partial charge in [-0.2, -0.15) is 0 Å². The van der Waals surface area contributed by atoms with Gasteiger partial charge in [-0.15, -0.1) is 0 Å². The number of amides is 2. The summed E-state index contributed by atoms with van der Waals surface area (Å²) < 4.78 is 82.1. The molecule has 0 aliphatic carbocycles. The predicted molar refractivity (Wildman–Crippen MR) is 108 cm³/mol. The van der Waals surface area contributed by atoms with Crippen LogP contribution in [-0.2, 0) is 10.0 Å². The minimum atomic E-state index is -3.69. The van der Waals surface area contributed by atoms with Gasteiger partial charge < -0.3 is 10.2 Å². The zero-order valence-corrected chi connectivity index (χ0v) is 17.4. The number of carbonyl (C=O) groups excluding carboxylic acids is 1. The van der Waals surface area contributed by atoms with Crippen LogP contribution in [0.2, 0.25) is 0 Å². The average molecular weight is 459 g/mol. The maximum Gasteiger partial charge on any atom is 0.322 e. The molecule has 1 atom stereocenters. The number of rotatable bonds is 4. The van der Waals surface area contributed by atoms with Crippen LogP contribution in [0, 0.1) is 11.6 Å². The molecule has 2 N–H and O–H groups in total. The van der Waals surface area contributed by atoms with Crippen LogP contribution in [0.1, 0.15) is 12.8 Å². The number of urea groups is 1. The Morgan fingerprint density at radius 3 is 2.39 bits per heavy atom. The first-order valence-electron chi connectivity index (χ1n) is 9.40. The Morgan fingerprint density at radius 1 is 1.10 bits per heavy atom. The molecule has 0 aromatic heterocycles. The van der Waals surface area contributed by atoms with Crippen LogP contribution >= 0.6 is 0 Å². The van der Waals surface area contributed by atoms with Gasteiger partial charge in [0.15, 0.2) is 0 Å². The highest BCUT2D eigenvalue weighted by Crippen LogP contribution is 2.33. The molecule has 2 amide bonds. The maximum atomic E-state index is 14.3. The van der Waals surface area contributed by atoms with Crippen LogP contribution in [0.4, 0.5) is 28.0 Å². The number of para-hydroxylation sites is 1. The number of hydrogen-bond acceptors (Lipinski definition) is 3. The first kappa shape index (κ1) is 23.0. The Kier molecular flexibility index (Phi) is 6.56. The lowest BCUT2D eigenvalue weighted by Gasteiger charge is -2.25. The second-order valence-corrected chi connectivity index (χ2v) is 9.21. The lowest BCUT2D eigenvalue weighted by atomic mass is 10.0. The van der Waals surface area contributed by atoms with Crippen molar-refractivity contribution in [2.75, 3.05) is 24.7 Å². The van der Waals surface area contributed by atoms with Crippen molar-refractivity contribution in [3.05, 3.63) is 54.1 Å². The van der Waals surface area contributed by atoms with E-state index in [1.165, 1.54) is 30.3 Å². The van der Waals surface area contributed by atoms with Crippen LogP contribution in [0.15, 0.2) is 42.5 Å². The molecule has 1 saturated heterocycles. The number of hydrogen-bond donors (Lipinski definition) is 2. The number of nitrogens with zero attached hydrogens (tertiary/aromatic N) is 1. The summed E-state index contributed by atoms with van der Waals surface area (Å²) in [6.45, 7) is -1.05. The summed E-state index contributed by atoms with van der Waals surface area (Å²) in [6, 6.07) is 7.30. The third-order valence-corrected chi connectivity index (χ3v) is 5.54. The molecule has 1 heterocycles. The van der Waals surface area contributed by atoms with Gasteiger partial charge in [0.2, 0.25) is 10.0 Å². The minimum Gasteiger partial charge on any atom is -0.318 e. The molecule has 1 fully saturated rings. The van der Waals surface area contributed by atoms with E-state index in [4.69, 9.17) is 0 Å². The van der Waals surface area contributed by atoms with Gasteiger partial charge >= 0.3 is 6.03 Å². The lowest BCUT2D eigenvalue weighted by Crippen LogP contribution is -2.42. The molecule has 0 saturated carbocycles. The van der Waals surface area contributed by atoms with Crippen molar-refractivity contribution < 1.29 is 30.8 Å². The number of sulfonamides is 1. The average Bonchev–Trinajstić information content (AvgIpc) is 2.79. The molecule has 168 valence electrons. The number of carbonyl (C=O) groups is 1. The van der Waals surface area contributed by atoms with Crippen molar-refractivity contribution in [2.45, 2.75) is 24.8 Å². The molecule has 2 aromatic rings. The first-order chi connectivity index (χ1) is 14.5. The number of benzene rings is 2. The number of likely N-dealkylation sites (tertiary alicyclic amines) is 1. The van der Waals surface area contributed by atoms with Gasteiger partial charge in [-0.1, -0.05) is 24.3 Å². The highest BCUT2D eigenvalue weighted by atomic mass is 32.2. The Morgan fingerprint density at radius 2 is 1.74 bits per heavy atom. The van der Waals surface area contributed by atoms with Crippen molar-refractivity contribution in [3.8, 4) is 11.1 Å². The zero-order valence-electron chi connectivity index (χ0n) is 16.5. The number of anilines is 1. The molecule has 1 aliphatic heterocycles. The van der Waals surface area contributed by atoms with Gasteiger partial charge in [-0.05, 0) is 24.6 Å². The highest BCUT2D eigenvalue weighted by molar-refractivity contribution is 7.88. The number of alkyl halides is 2. The van der Waals surface area contributed by atoms with Gasteiger partial charge in [-0.3, -0.25) is 0 Å². The summed E-state index contributed by atoms with van der Waals surface area (Å²) in [5.74, 6) is -5.00. The fourth-order valence-corrected chi connectivity index (χ4v) is 4.34. The van der Waals surface area contributed by atoms with Crippen molar-refractivity contribution in [1.29, 1.82) is 0 Å². The van der Waals surface area contributed by atoms with Crippen molar-refractivity contribution in [2.24, 2.45) is 0 Å². The number of nitrogens with one attached hydrogen (secondary N) is 2. The van der Waals surface area contributed by atoms with E-state index in [-0.39, 0.29) is 29.8 Å². The topological polar surface area (TPSA) is 78.5 Å². The largest absolute Gasteiger partial charge is 0.322 e. The van der Waals surface area contributed by atoms with E-state index in [1.54, 1.807) is 0 Å². The lowest BCUT2D eigenvalue weighted by molar-refractivity contribution is -0.0243. The summed E-state index contributed by atoms with van der Waals surface area (Å²) in [4.78, 5) is 13.6. The van der Waals surface area contributed by atoms with E-state index in [9.17, 15) is 30.8 Å². The van der Waals surface area contributed by atoms with Crippen molar-refractivity contribution >= 4 is 21.7 Å². The van der Waals surface area contributed by atoms with Gasteiger partial charge in [0.25, 0.3) is 5.92 Å². The summed E-state index contributed by atoms with van der Waals surface area (Å²) in [5, 5.41) is 2.44. The van der Waals surface area contributed by atoms with Gasteiger partial charge in [0.1, 0.15) is 11.6 Å². The maximum absolute atomic E-state index is 14.3. The zero-order chi connectivity index (χ0) is 22.8. The highest BCUT2D eigenvalue weighted by Gasteiger charge is 2.40. The monoisotopic (exact) mass is 459 g/mol. The molecule has 2 aromatic carbocycles. The predicted octanol–water partition coefficient (Wildman–Crippen LogP) is 3.81. The third-order valence-electron chi connectivity index (χ3n) is 4.78. The summed E-state index contributed by atoms with van der Waals surface area (Å²) >= 11 is 0. The Bertz CT molecular complexity index is 1060. The first-order valence-corrected chi connectivity index (χ1v) is 11.3. The van der Waals surface area contributed by atoms with Crippen LogP contribution in [0.5, 0.6) is 0 Å². The molecule has 1 unspecified atom stereocenters. The fraction of sp³-hybridized carbons (Fsp3) is 0.350. The summed E-state index contributed by atoms with van der Waals surface area (Å²) in [6.07, 6.45) is 0.111. The Labute approximate surface area is 177 Å². The molecule has 0 radical (unpaired) electrons. The Hall–Kier alpha value is -2.66. The van der Waals surface area contributed by atoms with Crippen LogP contribution < -0.4 is 10.0 Å². The van der Waals surface area contributed by atoms with E-state index >= 15 is 0 Å². The molecule has 31 heavy (non-hydrogen) atoms. The normalized spacial score (nSPS) is 19.0. The van der Waals surface area contributed by atoms with Gasteiger partial charge in [-0.25, -0.2) is 35.5 Å². The molecule has 11 heteroatoms. The van der Waals surface area contributed by atoms with E-state index in [0.29, 0.717) is 0 Å². The second kappa shape index (κ2) is 8.83. The minimum absolute atomic E-state index is 0.0142. The van der Waals surface area contributed by atoms with E-state index in [2.05, 4.69) is 10.0 Å². The van der Waals surface area contributed by atoms with Crippen molar-refractivity contribution in [1.82, 2.24) is 9.62 Å². The summed E-state index contributed by atoms with van der Waals surface area (Å²) in [7, 11) is -3.69. The molecule has 1 aliphatic rings. The molecule has 0 spiro atoms.